The number of esters is 2. The van der Waals surface area contributed by atoms with Crippen molar-refractivity contribution in [1.29, 1.82) is 0 Å². The molecule has 0 amide bonds. The second-order valence-electron chi connectivity index (χ2n) is 22.2. The Bertz CT molecular complexity index is 2480. The molecule has 10 nitrogen and oxygen atoms in total. The lowest BCUT2D eigenvalue weighted by molar-refractivity contribution is -0.149. The van der Waals surface area contributed by atoms with Gasteiger partial charge in [0.05, 0.1) is 13.2 Å². The highest BCUT2D eigenvalue weighted by molar-refractivity contribution is 7.61. The smallest absolute Gasteiger partial charge is 0.446 e. The summed E-state index contributed by atoms with van der Waals surface area (Å²) < 4.78 is 73.0. The van der Waals surface area contributed by atoms with Crippen LogP contribution in [-0.4, -0.2) is 36.5 Å². The number of benzene rings is 4. The van der Waals surface area contributed by atoms with Crippen LogP contribution in [0.2, 0.25) is 0 Å². The molecule has 2 aliphatic heterocycles. The van der Waals surface area contributed by atoms with E-state index in [4.69, 9.17) is 27.6 Å². The van der Waals surface area contributed by atoms with Crippen LogP contribution in [0.25, 0.3) is 0 Å². The first kappa shape index (κ1) is 50.9. The molecule has 0 saturated carbocycles. The molecule has 0 N–H and O–H groups in total. The highest BCUT2D eigenvalue weighted by Gasteiger charge is 2.64. The van der Waals surface area contributed by atoms with Crippen LogP contribution in [0.5, 0.6) is 23.0 Å². The predicted molar refractivity (Wildman–Crippen MR) is 264 cm³/mol. The molecule has 2 heterocycles. The first-order chi connectivity index (χ1) is 30.3. The van der Waals surface area contributed by atoms with Gasteiger partial charge >= 0.3 is 27.1 Å². The van der Waals surface area contributed by atoms with Crippen molar-refractivity contribution in [2.75, 3.05) is 13.2 Å². The summed E-state index contributed by atoms with van der Waals surface area (Å²) in [7, 11) is -10.4. The van der Waals surface area contributed by atoms with Gasteiger partial charge in [0.15, 0.2) is 0 Å². The molecule has 0 fully saturated rings. The van der Waals surface area contributed by atoms with Crippen molar-refractivity contribution in [3.05, 3.63) is 115 Å². The van der Waals surface area contributed by atoms with E-state index in [-0.39, 0.29) is 47.0 Å². The van der Waals surface area contributed by atoms with Crippen LogP contribution in [0.1, 0.15) is 164 Å². The van der Waals surface area contributed by atoms with Gasteiger partial charge in [-0.15, -0.1) is 0 Å². The molecule has 0 radical (unpaired) electrons. The zero-order chi connectivity index (χ0) is 49.3. The fourth-order valence-corrected chi connectivity index (χ4v) is 13.7. The lowest BCUT2D eigenvalue weighted by atomic mass is 9.82. The summed E-state index contributed by atoms with van der Waals surface area (Å²) in [4.78, 5) is 30.4. The zero-order valence-corrected chi connectivity index (χ0v) is 44.4. The Labute approximate surface area is 393 Å². The van der Waals surface area contributed by atoms with Gasteiger partial charge in [0.25, 0.3) is 0 Å². The van der Waals surface area contributed by atoms with Gasteiger partial charge in [0, 0.05) is 46.2 Å². The minimum Gasteiger partial charge on any atom is -0.465 e. The molecule has 0 bridgehead atoms. The number of aryl methyl sites for hydroxylation is 4. The summed E-state index contributed by atoms with van der Waals surface area (Å²) in [6, 6.07) is 15.7. The SMILES string of the molecule is CCOC(=O)[C@H]([C@H](C(=O)OCC)P1(=O)Oc2cc(C(C)(C)C)cc(C)c2Cc2c(C)ccc(C(C)(C)C)c2O1)P1(=O)Oc2cc(C(C)(C)C)cc(C)c2Cc2c(C)ccc(C(C)(C)C)c2O1. The third kappa shape index (κ3) is 9.88. The maximum absolute atomic E-state index is 16.9. The van der Waals surface area contributed by atoms with Crippen molar-refractivity contribution in [1.82, 2.24) is 0 Å². The normalized spacial score (nSPS) is 19.5. The molecule has 2 unspecified atom stereocenters. The minimum absolute atomic E-state index is 0.184. The molecule has 358 valence electrons. The molecule has 4 aromatic rings. The van der Waals surface area contributed by atoms with E-state index in [2.05, 4.69) is 53.7 Å². The first-order valence-electron chi connectivity index (χ1n) is 23.2. The number of carbonyl (C=O) groups is 2. The Morgan fingerprint density at radius 1 is 0.500 bits per heavy atom. The second-order valence-corrected chi connectivity index (χ2v) is 26.2. The van der Waals surface area contributed by atoms with E-state index in [1.807, 2.05) is 106 Å². The fraction of sp³-hybridized carbons (Fsp3) is 0.519. The third-order valence-corrected chi connectivity index (χ3v) is 17.2. The summed E-state index contributed by atoms with van der Waals surface area (Å²) in [5.74, 6) is -1.40. The first-order valence-corrected chi connectivity index (χ1v) is 26.4. The molecule has 4 aromatic carbocycles. The maximum atomic E-state index is 16.9. The molecule has 0 saturated heterocycles. The van der Waals surface area contributed by atoms with Crippen molar-refractivity contribution in [2.24, 2.45) is 0 Å². The molecule has 2 aliphatic rings. The van der Waals surface area contributed by atoms with Crippen molar-refractivity contribution in [2.45, 2.75) is 170 Å². The third-order valence-electron chi connectivity index (χ3n) is 12.8. The number of rotatable bonds is 7. The molecule has 66 heavy (non-hydrogen) atoms. The molecule has 0 aromatic heterocycles. The van der Waals surface area contributed by atoms with Crippen LogP contribution in [0.15, 0.2) is 48.5 Å². The Hall–Kier alpha value is -4.52. The number of hydrogen-bond donors (Lipinski definition) is 0. The van der Waals surface area contributed by atoms with Crippen molar-refractivity contribution >= 4 is 27.1 Å². The number of fused-ring (bicyclic) bond motifs is 4. The average molecular weight is 943 g/mol. The molecular formula is C54H72O10P2. The van der Waals surface area contributed by atoms with Crippen molar-refractivity contribution < 1.29 is 46.3 Å². The lowest BCUT2D eigenvalue weighted by Crippen LogP contribution is -2.45. The van der Waals surface area contributed by atoms with Gasteiger partial charge in [-0.1, -0.05) is 119 Å². The summed E-state index contributed by atoms with van der Waals surface area (Å²) in [6.07, 6.45) is 0.704. The maximum Gasteiger partial charge on any atom is 0.446 e. The van der Waals surface area contributed by atoms with Gasteiger partial charge in [-0.2, -0.15) is 0 Å². The molecular weight excluding hydrogens is 871 g/mol. The van der Waals surface area contributed by atoms with E-state index in [9.17, 15) is 0 Å². The minimum atomic E-state index is -5.20. The van der Waals surface area contributed by atoms with Crippen LogP contribution in [0, 0.1) is 27.7 Å². The number of ether oxygens (including phenoxy) is 2. The van der Waals surface area contributed by atoms with E-state index >= 15 is 18.7 Å². The zero-order valence-electron chi connectivity index (χ0n) is 42.6. The van der Waals surface area contributed by atoms with E-state index in [1.54, 1.807) is 13.8 Å². The monoisotopic (exact) mass is 942 g/mol. The summed E-state index contributed by atoms with van der Waals surface area (Å²) in [6.45, 7) is 35.1. The Balaban J connectivity index is 1.78. The summed E-state index contributed by atoms with van der Waals surface area (Å²) in [5.41, 5.74) is 3.14. The van der Waals surface area contributed by atoms with Gasteiger partial charge in [-0.05, 0) is 109 Å². The van der Waals surface area contributed by atoms with Crippen LogP contribution < -0.4 is 18.1 Å². The van der Waals surface area contributed by atoms with Crippen molar-refractivity contribution in [3.8, 4) is 23.0 Å². The van der Waals surface area contributed by atoms with Crippen LogP contribution in [0.4, 0.5) is 0 Å². The van der Waals surface area contributed by atoms with Gasteiger partial charge in [0.2, 0.25) is 11.3 Å². The fourth-order valence-electron chi connectivity index (χ4n) is 8.80. The van der Waals surface area contributed by atoms with Crippen LogP contribution in [-0.2, 0) is 62.7 Å². The molecule has 0 aliphatic carbocycles. The highest BCUT2D eigenvalue weighted by Crippen LogP contribution is 2.67. The van der Waals surface area contributed by atoms with E-state index in [0.717, 1.165) is 55.6 Å². The molecule has 6 rings (SSSR count). The summed E-state index contributed by atoms with van der Waals surface area (Å²) in [5, 5.41) is 0. The van der Waals surface area contributed by atoms with Gasteiger partial charge in [-0.25, -0.2) is 9.13 Å². The molecule has 0 spiro atoms. The number of carbonyl (C=O) groups excluding carboxylic acids is 2. The predicted octanol–water partition coefficient (Wildman–Crippen LogP) is 13.8. The Morgan fingerprint density at radius 2 is 0.833 bits per heavy atom. The van der Waals surface area contributed by atoms with Gasteiger partial charge < -0.3 is 27.6 Å². The highest BCUT2D eigenvalue weighted by atomic mass is 31.2. The number of hydrogen-bond acceptors (Lipinski definition) is 10. The quantitative estimate of drug-likeness (QED) is 0.131. The molecule has 4 atom stereocenters. The van der Waals surface area contributed by atoms with Gasteiger partial charge in [-0.3, -0.25) is 9.59 Å². The standard InChI is InChI=1S/C54H72O10P2/c1-19-59-49(55)47(65(57)61-43-27-35(51(7,8)9)25-33(5)37(43)29-39-31(3)21-23-41(45(39)63-65)53(13,14)15)48(50(56)60-20-2)66(58)62-44-28-36(52(10,11)12)26-34(6)38(44)30-40-32(4)22-24-42(46(40)64-66)54(16,17)18/h21-28,47-48H,19-20,29-30H2,1-18H3/t47-,48+,65?,66?. The van der Waals surface area contributed by atoms with E-state index < -0.39 is 49.3 Å². The van der Waals surface area contributed by atoms with E-state index in [0.29, 0.717) is 24.0 Å². The second kappa shape index (κ2) is 17.9. The van der Waals surface area contributed by atoms with Crippen molar-refractivity contribution in [3.63, 3.8) is 0 Å². The Kier molecular flexibility index (Phi) is 13.8. The summed E-state index contributed by atoms with van der Waals surface area (Å²) >= 11 is 0. The van der Waals surface area contributed by atoms with E-state index in [1.165, 1.54) is 0 Å². The van der Waals surface area contributed by atoms with Gasteiger partial charge in [0.1, 0.15) is 23.0 Å². The van der Waals surface area contributed by atoms with Crippen LogP contribution >= 0.6 is 15.2 Å². The lowest BCUT2D eigenvalue weighted by Gasteiger charge is -2.38. The van der Waals surface area contributed by atoms with Crippen LogP contribution in [0.3, 0.4) is 0 Å². The topological polar surface area (TPSA) is 124 Å². The average Bonchev–Trinajstić information content (AvgIpc) is 3.15. The Morgan fingerprint density at radius 3 is 1.12 bits per heavy atom. The molecule has 12 heteroatoms. The largest absolute Gasteiger partial charge is 0.465 e.